The fraction of sp³-hybridized carbons (Fsp3) is 0.250. The summed E-state index contributed by atoms with van der Waals surface area (Å²) in [5.74, 6) is 0.421. The van der Waals surface area contributed by atoms with Crippen molar-refractivity contribution in [2.24, 2.45) is 0 Å². The Labute approximate surface area is 88.9 Å². The normalized spacial score (nSPS) is 8.12. The van der Waals surface area contributed by atoms with E-state index >= 15 is 0 Å². The van der Waals surface area contributed by atoms with E-state index in [1.165, 1.54) is 0 Å². The van der Waals surface area contributed by atoms with E-state index in [0.29, 0.717) is 5.89 Å². The van der Waals surface area contributed by atoms with Crippen molar-refractivity contribution in [3.8, 4) is 0 Å². The van der Waals surface area contributed by atoms with E-state index in [-0.39, 0.29) is 56.9 Å². The van der Waals surface area contributed by atoms with Crippen molar-refractivity contribution in [1.29, 1.82) is 0 Å². The standard InChI is InChI=1S/C4H4NO2.K/c1-3-5-4(6)2-7-3;/h2H,1H3;/q-1;+1. The minimum atomic E-state index is -0.308. The van der Waals surface area contributed by atoms with Gasteiger partial charge in [-0.2, -0.15) is 0 Å². The molecule has 0 spiro atoms. The fourth-order valence-corrected chi connectivity index (χ4v) is 0.344. The molecule has 0 aromatic carbocycles. The van der Waals surface area contributed by atoms with Crippen LogP contribution in [0.15, 0.2) is 15.5 Å². The average molecular weight is 137 g/mol. The first kappa shape index (κ1) is 8.65. The van der Waals surface area contributed by atoms with Gasteiger partial charge in [0, 0.05) is 5.89 Å². The molecule has 8 heavy (non-hydrogen) atoms. The molecule has 0 aliphatic rings. The molecule has 0 aliphatic heterocycles. The first-order valence-electron chi connectivity index (χ1n) is 1.88. The Kier molecular flexibility index (Phi) is 3.92. The van der Waals surface area contributed by atoms with E-state index in [2.05, 4.69) is 9.40 Å². The van der Waals surface area contributed by atoms with Crippen LogP contribution in [0.2, 0.25) is 0 Å². The summed E-state index contributed by atoms with van der Waals surface area (Å²) in [5.41, 5.74) is -0.308. The number of hydrogen-bond donors (Lipinski definition) is 0. The quantitative estimate of drug-likeness (QED) is 0.284. The Morgan fingerprint density at radius 3 is 2.50 bits per heavy atom. The van der Waals surface area contributed by atoms with Gasteiger partial charge in [0.1, 0.15) is 0 Å². The van der Waals surface area contributed by atoms with E-state index in [1.54, 1.807) is 6.92 Å². The van der Waals surface area contributed by atoms with Gasteiger partial charge in [0.05, 0.1) is 0 Å². The van der Waals surface area contributed by atoms with Gasteiger partial charge in [-0.3, -0.25) is 9.78 Å². The Hall–Kier alpha value is 0.646. The van der Waals surface area contributed by atoms with Gasteiger partial charge in [-0.15, -0.1) is 0 Å². The smallest absolute Gasteiger partial charge is 0.620 e. The molecule has 1 rings (SSSR count). The van der Waals surface area contributed by atoms with Gasteiger partial charge >= 0.3 is 51.4 Å². The van der Waals surface area contributed by atoms with Gasteiger partial charge in [0.15, 0.2) is 0 Å². The summed E-state index contributed by atoms with van der Waals surface area (Å²) in [6, 6.07) is 0. The van der Waals surface area contributed by atoms with E-state index in [0.717, 1.165) is 6.26 Å². The van der Waals surface area contributed by atoms with Gasteiger partial charge in [-0.25, -0.2) is 0 Å². The maximum absolute atomic E-state index is 10.1. The molecule has 0 fully saturated rings. The van der Waals surface area contributed by atoms with Crippen LogP contribution in [-0.4, -0.2) is 4.98 Å². The molecule has 0 radical (unpaired) electrons. The van der Waals surface area contributed by atoms with Crippen LogP contribution >= 0.6 is 0 Å². The van der Waals surface area contributed by atoms with Crippen molar-refractivity contribution >= 4 is 0 Å². The number of rotatable bonds is 0. The predicted octanol–water partition coefficient (Wildman–Crippen LogP) is -2.93. The number of hydrogen-bond acceptors (Lipinski definition) is 3. The van der Waals surface area contributed by atoms with Crippen LogP contribution in [0.1, 0.15) is 5.89 Å². The molecule has 0 unspecified atom stereocenters. The van der Waals surface area contributed by atoms with Crippen molar-refractivity contribution < 1.29 is 55.8 Å². The summed E-state index contributed by atoms with van der Waals surface area (Å²) >= 11 is 0. The van der Waals surface area contributed by atoms with Crippen LogP contribution in [0.4, 0.5) is 0 Å². The number of aryl methyl sites for hydroxylation is 1. The molecule has 0 aliphatic carbocycles. The van der Waals surface area contributed by atoms with Crippen LogP contribution < -0.4 is 56.9 Å². The van der Waals surface area contributed by atoms with Crippen molar-refractivity contribution in [3.05, 3.63) is 22.5 Å². The molecular weight excluding hydrogens is 133 g/mol. The molecule has 0 amide bonds. The van der Waals surface area contributed by atoms with E-state index in [9.17, 15) is 4.79 Å². The minimum absolute atomic E-state index is 0. The van der Waals surface area contributed by atoms with Crippen molar-refractivity contribution in [2.45, 2.75) is 6.92 Å². The number of aromatic nitrogens is 1. The van der Waals surface area contributed by atoms with Gasteiger partial charge in [-0.1, -0.05) is 6.92 Å². The van der Waals surface area contributed by atoms with Crippen LogP contribution in [0.3, 0.4) is 0 Å². The average Bonchev–Trinajstić information content (AvgIpc) is 1.87. The van der Waals surface area contributed by atoms with Crippen LogP contribution in [0.25, 0.3) is 0 Å². The van der Waals surface area contributed by atoms with Gasteiger partial charge in [0.25, 0.3) is 0 Å². The second-order valence-electron chi connectivity index (χ2n) is 1.20. The summed E-state index contributed by atoms with van der Waals surface area (Å²) in [6.07, 6.45) is 1.08. The molecule has 0 atom stereocenters. The third-order valence-corrected chi connectivity index (χ3v) is 0.598. The zero-order chi connectivity index (χ0) is 5.28. The number of nitrogens with zero attached hydrogens (tertiary/aromatic N) is 1. The topological polar surface area (TPSA) is 43.1 Å². The molecular formula is C4H4KNO2. The Morgan fingerprint density at radius 2 is 2.38 bits per heavy atom. The minimum Gasteiger partial charge on any atom is -0.620 e. The van der Waals surface area contributed by atoms with Crippen molar-refractivity contribution in [1.82, 2.24) is 4.98 Å². The SMILES string of the molecule is Cc1nc(=O)[cH-]o1.[K+]. The Bertz CT molecular complexity index is 202. The predicted molar refractivity (Wildman–Crippen MR) is 23.1 cm³/mol. The molecule has 3 nitrogen and oxygen atoms in total. The molecule has 38 valence electrons. The maximum Gasteiger partial charge on any atom is 1.00 e. The molecule has 0 saturated heterocycles. The van der Waals surface area contributed by atoms with Gasteiger partial charge in [0.2, 0.25) is 5.56 Å². The summed E-state index contributed by atoms with van der Waals surface area (Å²) in [5, 5.41) is 0. The molecule has 1 aromatic heterocycles. The monoisotopic (exact) mass is 137 g/mol. The summed E-state index contributed by atoms with van der Waals surface area (Å²) in [4.78, 5) is 13.5. The first-order chi connectivity index (χ1) is 3.29. The van der Waals surface area contributed by atoms with Crippen LogP contribution in [0.5, 0.6) is 0 Å². The van der Waals surface area contributed by atoms with Crippen LogP contribution in [-0.2, 0) is 0 Å². The third-order valence-electron chi connectivity index (χ3n) is 0.598. The van der Waals surface area contributed by atoms with E-state index < -0.39 is 0 Å². The summed E-state index contributed by atoms with van der Waals surface area (Å²) in [6.45, 7) is 1.63. The fourth-order valence-electron chi connectivity index (χ4n) is 0.344. The first-order valence-corrected chi connectivity index (χ1v) is 1.88. The zero-order valence-electron chi connectivity index (χ0n) is 4.84. The van der Waals surface area contributed by atoms with Gasteiger partial charge < -0.3 is 4.42 Å². The Morgan fingerprint density at radius 1 is 1.75 bits per heavy atom. The van der Waals surface area contributed by atoms with Crippen molar-refractivity contribution in [2.75, 3.05) is 0 Å². The second kappa shape index (κ2) is 3.63. The molecule has 0 bridgehead atoms. The largest absolute Gasteiger partial charge is 1.00 e. The third kappa shape index (κ3) is 2.28. The Balaban J connectivity index is 0.000000490. The molecule has 4 heteroatoms. The van der Waals surface area contributed by atoms with E-state index in [1.807, 2.05) is 0 Å². The second-order valence-corrected chi connectivity index (χ2v) is 1.20. The van der Waals surface area contributed by atoms with Crippen molar-refractivity contribution in [3.63, 3.8) is 0 Å². The molecule has 0 saturated carbocycles. The van der Waals surface area contributed by atoms with E-state index in [4.69, 9.17) is 0 Å². The number of oxazole rings is 1. The van der Waals surface area contributed by atoms with Crippen LogP contribution in [0, 0.1) is 6.92 Å². The molecule has 1 heterocycles. The zero-order valence-corrected chi connectivity index (χ0v) is 7.96. The maximum atomic E-state index is 10.1. The molecule has 0 N–H and O–H groups in total. The summed E-state index contributed by atoms with van der Waals surface area (Å²) < 4.78 is 4.54. The molecule has 1 aromatic rings. The summed E-state index contributed by atoms with van der Waals surface area (Å²) in [7, 11) is 0. The van der Waals surface area contributed by atoms with Gasteiger partial charge in [-0.05, 0) is 6.26 Å².